The molecule has 136 valence electrons. The number of amides is 1. The topological polar surface area (TPSA) is 67.3 Å². The van der Waals surface area contributed by atoms with Gasteiger partial charge in [0.1, 0.15) is 11.6 Å². The highest BCUT2D eigenvalue weighted by Crippen LogP contribution is 2.23. The SMILES string of the molecule is COc1ccc(CC(=O)N2CCc3nc(C4CCCN4)ncc3C2)cc1. The number of hydrogen-bond acceptors (Lipinski definition) is 5. The first-order valence-corrected chi connectivity index (χ1v) is 9.21. The van der Waals surface area contributed by atoms with E-state index in [0.29, 0.717) is 13.0 Å². The Labute approximate surface area is 153 Å². The van der Waals surface area contributed by atoms with Crippen LogP contribution in [0.15, 0.2) is 30.5 Å². The molecule has 1 fully saturated rings. The van der Waals surface area contributed by atoms with Crippen LogP contribution in [0.3, 0.4) is 0 Å². The van der Waals surface area contributed by atoms with Gasteiger partial charge in [-0.3, -0.25) is 4.79 Å². The van der Waals surface area contributed by atoms with Crippen molar-refractivity contribution in [3.8, 4) is 5.75 Å². The summed E-state index contributed by atoms with van der Waals surface area (Å²) in [6.45, 7) is 2.36. The molecule has 6 nitrogen and oxygen atoms in total. The number of rotatable bonds is 4. The van der Waals surface area contributed by atoms with Gasteiger partial charge >= 0.3 is 0 Å². The van der Waals surface area contributed by atoms with E-state index in [1.165, 1.54) is 6.42 Å². The number of methoxy groups -OCH3 is 1. The Hall–Kier alpha value is -2.47. The van der Waals surface area contributed by atoms with Gasteiger partial charge in [-0.25, -0.2) is 9.97 Å². The molecule has 4 rings (SSSR count). The molecule has 3 heterocycles. The monoisotopic (exact) mass is 352 g/mol. The highest BCUT2D eigenvalue weighted by molar-refractivity contribution is 5.79. The summed E-state index contributed by atoms with van der Waals surface area (Å²) in [5.74, 6) is 1.85. The lowest BCUT2D eigenvalue weighted by Crippen LogP contribution is -2.37. The van der Waals surface area contributed by atoms with Gasteiger partial charge in [0.15, 0.2) is 0 Å². The number of carbonyl (C=O) groups is 1. The zero-order valence-electron chi connectivity index (χ0n) is 15.1. The van der Waals surface area contributed by atoms with Crippen LogP contribution in [0.1, 0.15) is 41.5 Å². The highest BCUT2D eigenvalue weighted by Gasteiger charge is 2.25. The lowest BCUT2D eigenvalue weighted by atomic mass is 10.0. The minimum atomic E-state index is 0.141. The summed E-state index contributed by atoms with van der Waals surface area (Å²) in [4.78, 5) is 23.9. The maximum Gasteiger partial charge on any atom is 0.227 e. The van der Waals surface area contributed by atoms with E-state index in [1.807, 2.05) is 35.4 Å². The Morgan fingerprint density at radius 3 is 2.92 bits per heavy atom. The van der Waals surface area contributed by atoms with Crippen molar-refractivity contribution >= 4 is 5.91 Å². The minimum absolute atomic E-state index is 0.141. The molecule has 6 heteroatoms. The van der Waals surface area contributed by atoms with Crippen molar-refractivity contribution in [2.24, 2.45) is 0 Å². The highest BCUT2D eigenvalue weighted by atomic mass is 16.5. The van der Waals surface area contributed by atoms with Gasteiger partial charge in [-0.05, 0) is 37.1 Å². The number of hydrogen-bond donors (Lipinski definition) is 1. The number of aromatic nitrogens is 2. The standard InChI is InChI=1S/C20H24N4O2/c1-26-16-6-4-14(5-7-16)11-19(25)24-10-8-17-15(13-24)12-22-20(23-17)18-3-2-9-21-18/h4-7,12,18,21H,2-3,8-11,13H2,1H3. The van der Waals surface area contributed by atoms with E-state index in [0.717, 1.165) is 54.3 Å². The van der Waals surface area contributed by atoms with Crippen LogP contribution in [-0.2, 0) is 24.2 Å². The number of ether oxygens (including phenoxy) is 1. The molecule has 0 bridgehead atoms. The second kappa shape index (κ2) is 7.41. The first kappa shape index (κ1) is 17.0. The zero-order valence-corrected chi connectivity index (χ0v) is 15.1. The molecule has 0 spiro atoms. The van der Waals surface area contributed by atoms with E-state index in [2.05, 4.69) is 10.3 Å². The Bertz CT molecular complexity index is 785. The second-order valence-electron chi connectivity index (χ2n) is 6.94. The first-order chi connectivity index (χ1) is 12.7. The van der Waals surface area contributed by atoms with Gasteiger partial charge in [-0.1, -0.05) is 12.1 Å². The smallest absolute Gasteiger partial charge is 0.227 e. The molecule has 2 aromatic rings. The third-order valence-electron chi connectivity index (χ3n) is 5.19. The summed E-state index contributed by atoms with van der Waals surface area (Å²) in [5, 5.41) is 3.44. The number of carbonyl (C=O) groups excluding carboxylic acids is 1. The van der Waals surface area contributed by atoms with Crippen LogP contribution in [0.5, 0.6) is 5.75 Å². The summed E-state index contributed by atoms with van der Waals surface area (Å²) in [6, 6.07) is 7.95. The van der Waals surface area contributed by atoms with E-state index in [4.69, 9.17) is 9.72 Å². The van der Waals surface area contributed by atoms with E-state index >= 15 is 0 Å². The molecule has 26 heavy (non-hydrogen) atoms. The zero-order chi connectivity index (χ0) is 17.9. The summed E-state index contributed by atoms with van der Waals surface area (Å²) < 4.78 is 5.16. The maximum absolute atomic E-state index is 12.7. The quantitative estimate of drug-likeness (QED) is 0.912. The Kier molecular flexibility index (Phi) is 4.84. The van der Waals surface area contributed by atoms with E-state index in [9.17, 15) is 4.79 Å². The van der Waals surface area contributed by atoms with Crippen molar-refractivity contribution < 1.29 is 9.53 Å². The molecule has 1 saturated heterocycles. The Morgan fingerprint density at radius 2 is 2.19 bits per heavy atom. The summed E-state index contributed by atoms with van der Waals surface area (Å²) in [7, 11) is 1.64. The van der Waals surface area contributed by atoms with Gasteiger partial charge in [0, 0.05) is 31.3 Å². The van der Waals surface area contributed by atoms with E-state index in [1.54, 1.807) is 7.11 Å². The molecule has 0 saturated carbocycles. The van der Waals surface area contributed by atoms with Gasteiger partial charge in [-0.2, -0.15) is 0 Å². The molecule has 0 aliphatic carbocycles. The van der Waals surface area contributed by atoms with Gasteiger partial charge in [-0.15, -0.1) is 0 Å². The second-order valence-corrected chi connectivity index (χ2v) is 6.94. The Morgan fingerprint density at radius 1 is 1.35 bits per heavy atom. The molecule has 1 aromatic heterocycles. The van der Waals surface area contributed by atoms with Crippen molar-refractivity contribution in [3.05, 3.63) is 53.1 Å². The van der Waals surface area contributed by atoms with Crippen molar-refractivity contribution in [1.29, 1.82) is 0 Å². The molecule has 0 radical (unpaired) electrons. The number of nitrogens with one attached hydrogen (secondary N) is 1. The van der Waals surface area contributed by atoms with Gasteiger partial charge < -0.3 is 15.0 Å². The Balaban J connectivity index is 1.41. The predicted molar refractivity (Wildman–Crippen MR) is 97.8 cm³/mol. The van der Waals surface area contributed by atoms with Crippen molar-refractivity contribution in [1.82, 2.24) is 20.2 Å². The molecule has 1 atom stereocenters. The van der Waals surface area contributed by atoms with Crippen LogP contribution < -0.4 is 10.1 Å². The molecule has 1 aromatic carbocycles. The number of benzene rings is 1. The lowest BCUT2D eigenvalue weighted by Gasteiger charge is -2.28. The number of nitrogens with zero attached hydrogens (tertiary/aromatic N) is 3. The summed E-state index contributed by atoms with van der Waals surface area (Å²) >= 11 is 0. The average molecular weight is 352 g/mol. The summed E-state index contributed by atoms with van der Waals surface area (Å²) in [6.07, 6.45) is 5.39. The van der Waals surface area contributed by atoms with Crippen LogP contribution in [0, 0.1) is 0 Å². The molecule has 1 unspecified atom stereocenters. The van der Waals surface area contributed by atoms with Crippen LogP contribution in [0.2, 0.25) is 0 Å². The third-order valence-corrected chi connectivity index (χ3v) is 5.19. The molecule has 2 aliphatic heterocycles. The van der Waals surface area contributed by atoms with Gasteiger partial charge in [0.25, 0.3) is 0 Å². The summed E-state index contributed by atoms with van der Waals surface area (Å²) in [5.41, 5.74) is 3.17. The third kappa shape index (κ3) is 3.55. The maximum atomic E-state index is 12.7. The fourth-order valence-electron chi connectivity index (χ4n) is 3.65. The lowest BCUT2D eigenvalue weighted by molar-refractivity contribution is -0.131. The molecular formula is C20H24N4O2. The van der Waals surface area contributed by atoms with Gasteiger partial charge in [0.05, 0.1) is 25.3 Å². The molecular weight excluding hydrogens is 328 g/mol. The van der Waals surface area contributed by atoms with Crippen molar-refractivity contribution in [2.75, 3.05) is 20.2 Å². The minimum Gasteiger partial charge on any atom is -0.497 e. The van der Waals surface area contributed by atoms with Crippen LogP contribution in [-0.4, -0.2) is 41.0 Å². The fraction of sp³-hybridized carbons (Fsp3) is 0.450. The first-order valence-electron chi connectivity index (χ1n) is 9.21. The van der Waals surface area contributed by atoms with Crippen molar-refractivity contribution in [2.45, 2.75) is 38.3 Å². The van der Waals surface area contributed by atoms with Crippen LogP contribution in [0.25, 0.3) is 0 Å². The normalized spacial score (nSPS) is 19.3. The van der Waals surface area contributed by atoms with Gasteiger partial charge in [0.2, 0.25) is 5.91 Å². The molecule has 2 aliphatic rings. The van der Waals surface area contributed by atoms with Crippen LogP contribution >= 0.6 is 0 Å². The molecule has 1 N–H and O–H groups in total. The fourth-order valence-corrected chi connectivity index (χ4v) is 3.65. The molecule has 1 amide bonds. The number of fused-ring (bicyclic) bond motifs is 1. The van der Waals surface area contributed by atoms with E-state index in [-0.39, 0.29) is 11.9 Å². The van der Waals surface area contributed by atoms with Crippen LogP contribution in [0.4, 0.5) is 0 Å². The predicted octanol–water partition coefficient (Wildman–Crippen LogP) is 2.04. The average Bonchev–Trinajstić information content (AvgIpc) is 3.22. The van der Waals surface area contributed by atoms with Crippen molar-refractivity contribution in [3.63, 3.8) is 0 Å². The largest absolute Gasteiger partial charge is 0.497 e. The van der Waals surface area contributed by atoms with E-state index < -0.39 is 0 Å².